The van der Waals surface area contributed by atoms with Crippen molar-refractivity contribution in [1.29, 1.82) is 0 Å². The van der Waals surface area contributed by atoms with Gasteiger partial charge in [0.15, 0.2) is 0 Å². The van der Waals surface area contributed by atoms with E-state index in [-0.39, 0.29) is 24.0 Å². The molecule has 1 aromatic rings. The number of sulfonamides is 1. The Bertz CT molecular complexity index is 517. The summed E-state index contributed by atoms with van der Waals surface area (Å²) in [6.07, 6.45) is 0. The van der Waals surface area contributed by atoms with Crippen LogP contribution >= 0.6 is 0 Å². The molecule has 0 bridgehead atoms. The average molecular weight is 287 g/mol. The highest BCUT2D eigenvalue weighted by molar-refractivity contribution is 7.89. The van der Waals surface area contributed by atoms with E-state index in [2.05, 4.69) is 4.72 Å². The lowest BCUT2D eigenvalue weighted by Gasteiger charge is -2.15. The largest absolute Gasteiger partial charge is 0.497 e. The maximum Gasteiger partial charge on any atom is 0.241 e. The van der Waals surface area contributed by atoms with Crippen molar-refractivity contribution in [1.82, 2.24) is 4.72 Å². The van der Waals surface area contributed by atoms with Crippen molar-refractivity contribution in [2.45, 2.75) is 25.7 Å². The van der Waals surface area contributed by atoms with E-state index in [0.29, 0.717) is 16.9 Å². The van der Waals surface area contributed by atoms with Gasteiger partial charge < -0.3 is 9.84 Å². The zero-order valence-corrected chi connectivity index (χ0v) is 12.5. The van der Waals surface area contributed by atoms with Gasteiger partial charge in [-0.25, -0.2) is 13.1 Å². The van der Waals surface area contributed by atoms with Gasteiger partial charge in [-0.3, -0.25) is 0 Å². The fourth-order valence-corrected chi connectivity index (χ4v) is 3.45. The van der Waals surface area contributed by atoms with E-state index in [0.717, 1.165) is 0 Å². The van der Waals surface area contributed by atoms with Gasteiger partial charge in [-0.1, -0.05) is 6.92 Å². The number of ether oxygens (including phenoxy) is 1. The second-order valence-corrected chi connectivity index (χ2v) is 6.43. The van der Waals surface area contributed by atoms with Crippen molar-refractivity contribution < 1.29 is 18.3 Å². The second kappa shape index (κ2) is 6.36. The molecule has 1 aromatic carbocycles. The number of hydrogen-bond donors (Lipinski definition) is 2. The fourth-order valence-electron chi connectivity index (χ4n) is 1.84. The van der Waals surface area contributed by atoms with E-state index >= 15 is 0 Å². The third kappa shape index (κ3) is 3.92. The van der Waals surface area contributed by atoms with Crippen LogP contribution in [-0.4, -0.2) is 33.8 Å². The number of aliphatic hydroxyl groups is 1. The van der Waals surface area contributed by atoms with Crippen LogP contribution in [0.15, 0.2) is 17.0 Å². The van der Waals surface area contributed by atoms with Gasteiger partial charge >= 0.3 is 0 Å². The van der Waals surface area contributed by atoms with Crippen LogP contribution in [0.3, 0.4) is 0 Å². The molecule has 0 saturated carbocycles. The molecule has 1 rings (SSSR count). The molecular formula is C13H21NO4S. The van der Waals surface area contributed by atoms with Crippen LogP contribution in [0.1, 0.15) is 18.1 Å². The van der Waals surface area contributed by atoms with E-state index in [9.17, 15) is 8.42 Å². The number of aliphatic hydroxyl groups excluding tert-OH is 1. The van der Waals surface area contributed by atoms with Crippen LogP contribution in [0, 0.1) is 19.8 Å². The van der Waals surface area contributed by atoms with Crippen molar-refractivity contribution in [3.8, 4) is 5.75 Å². The lowest BCUT2D eigenvalue weighted by atomic mass is 10.1. The molecule has 6 heteroatoms. The van der Waals surface area contributed by atoms with Crippen LogP contribution in [0.25, 0.3) is 0 Å². The molecule has 0 radical (unpaired) electrons. The van der Waals surface area contributed by atoms with Crippen molar-refractivity contribution >= 4 is 10.0 Å². The summed E-state index contributed by atoms with van der Waals surface area (Å²) in [5.41, 5.74) is 1.28. The van der Waals surface area contributed by atoms with Gasteiger partial charge in [0.05, 0.1) is 12.0 Å². The first-order valence-electron chi connectivity index (χ1n) is 6.07. The minimum atomic E-state index is -3.57. The quantitative estimate of drug-likeness (QED) is 0.825. The van der Waals surface area contributed by atoms with E-state index < -0.39 is 10.0 Å². The number of benzene rings is 1. The van der Waals surface area contributed by atoms with Crippen LogP contribution < -0.4 is 9.46 Å². The molecule has 0 aliphatic heterocycles. The summed E-state index contributed by atoms with van der Waals surface area (Å²) in [7, 11) is -2.02. The molecule has 0 aromatic heterocycles. The highest BCUT2D eigenvalue weighted by Gasteiger charge is 2.20. The first-order chi connectivity index (χ1) is 8.81. The van der Waals surface area contributed by atoms with Crippen molar-refractivity contribution in [2.24, 2.45) is 5.92 Å². The second-order valence-electron chi connectivity index (χ2n) is 4.73. The van der Waals surface area contributed by atoms with Crippen LogP contribution in [0.5, 0.6) is 5.75 Å². The summed E-state index contributed by atoms with van der Waals surface area (Å²) >= 11 is 0. The summed E-state index contributed by atoms with van der Waals surface area (Å²) < 4.78 is 32.1. The van der Waals surface area contributed by atoms with Gasteiger partial charge in [0.25, 0.3) is 0 Å². The smallest absolute Gasteiger partial charge is 0.241 e. The molecule has 19 heavy (non-hydrogen) atoms. The lowest BCUT2D eigenvalue weighted by molar-refractivity contribution is 0.238. The lowest BCUT2D eigenvalue weighted by Crippen LogP contribution is -2.30. The first kappa shape index (κ1) is 15.9. The van der Waals surface area contributed by atoms with Gasteiger partial charge in [0, 0.05) is 13.2 Å². The molecule has 5 nitrogen and oxygen atoms in total. The molecule has 1 unspecified atom stereocenters. The zero-order chi connectivity index (χ0) is 14.6. The van der Waals surface area contributed by atoms with E-state index in [1.165, 1.54) is 0 Å². The highest BCUT2D eigenvalue weighted by Crippen LogP contribution is 2.25. The standard InChI is InChI=1S/C13H21NO4S/c1-9(8-15)7-14-19(16,17)13-10(2)5-12(18-4)6-11(13)3/h5-6,9,14-15H,7-8H2,1-4H3. The Morgan fingerprint density at radius 2 is 1.84 bits per heavy atom. The van der Waals surface area contributed by atoms with Crippen molar-refractivity contribution in [3.63, 3.8) is 0 Å². The fraction of sp³-hybridized carbons (Fsp3) is 0.538. The van der Waals surface area contributed by atoms with Crippen molar-refractivity contribution in [2.75, 3.05) is 20.3 Å². The normalized spacial score (nSPS) is 13.3. The first-order valence-corrected chi connectivity index (χ1v) is 7.56. The van der Waals surface area contributed by atoms with Gasteiger partial charge in [-0.05, 0) is 43.0 Å². The third-order valence-electron chi connectivity index (χ3n) is 2.87. The SMILES string of the molecule is COc1cc(C)c(S(=O)(=O)NCC(C)CO)c(C)c1. The molecule has 1 atom stereocenters. The topological polar surface area (TPSA) is 75.6 Å². The third-order valence-corrected chi connectivity index (χ3v) is 4.60. The van der Waals surface area contributed by atoms with Crippen LogP contribution in [0.2, 0.25) is 0 Å². The number of rotatable bonds is 6. The Hall–Kier alpha value is -1.11. The summed E-state index contributed by atoms with van der Waals surface area (Å²) in [4.78, 5) is 0.276. The average Bonchev–Trinajstić information content (AvgIpc) is 2.34. The number of aryl methyl sites for hydroxylation is 2. The Morgan fingerprint density at radius 3 is 2.26 bits per heavy atom. The van der Waals surface area contributed by atoms with Gasteiger partial charge in [-0.2, -0.15) is 0 Å². The summed E-state index contributed by atoms with van der Waals surface area (Å²) in [5.74, 6) is 0.520. The predicted molar refractivity (Wildman–Crippen MR) is 73.9 cm³/mol. The number of methoxy groups -OCH3 is 1. The Kier molecular flexibility index (Phi) is 5.34. The molecule has 0 spiro atoms. The molecule has 0 aliphatic carbocycles. The minimum absolute atomic E-state index is 0.0525. The zero-order valence-electron chi connectivity index (χ0n) is 11.7. The number of nitrogens with one attached hydrogen (secondary N) is 1. The molecule has 108 valence electrons. The monoisotopic (exact) mass is 287 g/mol. The van der Waals surface area contributed by atoms with Crippen LogP contribution in [-0.2, 0) is 10.0 Å². The molecule has 0 saturated heterocycles. The molecule has 0 fully saturated rings. The van der Waals surface area contributed by atoms with E-state index in [1.807, 2.05) is 0 Å². The Morgan fingerprint density at radius 1 is 1.32 bits per heavy atom. The molecular weight excluding hydrogens is 266 g/mol. The minimum Gasteiger partial charge on any atom is -0.497 e. The summed E-state index contributed by atoms with van der Waals surface area (Å²) in [6.45, 7) is 5.40. The van der Waals surface area contributed by atoms with E-state index in [4.69, 9.17) is 9.84 Å². The molecule has 0 amide bonds. The summed E-state index contributed by atoms with van der Waals surface area (Å²) in [5, 5.41) is 8.93. The maximum absolute atomic E-state index is 12.3. The van der Waals surface area contributed by atoms with Gasteiger partial charge in [0.1, 0.15) is 5.75 Å². The Balaban J connectivity index is 3.08. The molecule has 0 aliphatic rings. The van der Waals surface area contributed by atoms with Crippen LogP contribution in [0.4, 0.5) is 0 Å². The summed E-state index contributed by atoms with van der Waals surface area (Å²) in [6, 6.07) is 3.38. The predicted octanol–water partition coefficient (Wildman–Crippen LogP) is 1.22. The molecule has 2 N–H and O–H groups in total. The van der Waals surface area contributed by atoms with Gasteiger partial charge in [0.2, 0.25) is 10.0 Å². The Labute approximate surface area is 114 Å². The van der Waals surface area contributed by atoms with Gasteiger partial charge in [-0.15, -0.1) is 0 Å². The highest BCUT2D eigenvalue weighted by atomic mass is 32.2. The number of hydrogen-bond acceptors (Lipinski definition) is 4. The molecule has 0 heterocycles. The maximum atomic E-state index is 12.3. The van der Waals surface area contributed by atoms with Crippen molar-refractivity contribution in [3.05, 3.63) is 23.3 Å². The van der Waals surface area contributed by atoms with E-state index in [1.54, 1.807) is 40.0 Å².